The summed E-state index contributed by atoms with van der Waals surface area (Å²) in [4.78, 5) is 0. The third-order valence-electron chi connectivity index (χ3n) is 3.07. The van der Waals surface area contributed by atoms with Gasteiger partial charge in [-0.2, -0.15) is 0 Å². The molecule has 1 aromatic carbocycles. The normalized spacial score (nSPS) is 23.6. The van der Waals surface area contributed by atoms with Gasteiger partial charge in [-0.25, -0.2) is 0 Å². The maximum Gasteiger partial charge on any atom is 0.0148 e. The summed E-state index contributed by atoms with van der Waals surface area (Å²) in [5, 5.41) is 3.53. The van der Waals surface area contributed by atoms with E-state index in [1.54, 1.807) is 0 Å². The highest BCUT2D eigenvalue weighted by atomic mass is 14.9. The molecule has 1 aromatic rings. The average Bonchev–Trinajstić information content (AvgIpc) is 2.74. The van der Waals surface area contributed by atoms with Crippen LogP contribution in [0.2, 0.25) is 0 Å². The Morgan fingerprint density at radius 2 is 2.14 bits per heavy atom. The van der Waals surface area contributed by atoms with Crippen molar-refractivity contribution in [2.24, 2.45) is 5.73 Å². The first kappa shape index (κ1) is 9.69. The van der Waals surface area contributed by atoms with Crippen LogP contribution in [-0.4, -0.2) is 19.1 Å². The van der Waals surface area contributed by atoms with Crippen molar-refractivity contribution in [1.29, 1.82) is 0 Å². The Kier molecular flexibility index (Phi) is 3.17. The van der Waals surface area contributed by atoms with E-state index in [1.165, 1.54) is 18.4 Å². The highest BCUT2D eigenvalue weighted by Gasteiger charge is 2.24. The van der Waals surface area contributed by atoms with Crippen LogP contribution in [0.15, 0.2) is 30.3 Å². The van der Waals surface area contributed by atoms with E-state index in [0.29, 0.717) is 12.0 Å². The molecule has 0 radical (unpaired) electrons. The quantitative estimate of drug-likeness (QED) is 0.757. The van der Waals surface area contributed by atoms with Gasteiger partial charge in [-0.05, 0) is 24.9 Å². The fraction of sp³-hybridized carbons (Fsp3) is 0.500. The molecule has 1 heterocycles. The monoisotopic (exact) mass is 190 g/mol. The van der Waals surface area contributed by atoms with Crippen LogP contribution < -0.4 is 11.1 Å². The minimum atomic E-state index is 0.485. The zero-order chi connectivity index (χ0) is 9.80. The first-order valence-corrected chi connectivity index (χ1v) is 5.40. The van der Waals surface area contributed by atoms with Gasteiger partial charge in [0.2, 0.25) is 0 Å². The molecular formula is C12H18N2. The van der Waals surface area contributed by atoms with Gasteiger partial charge in [-0.15, -0.1) is 0 Å². The molecule has 1 aliphatic heterocycles. The molecule has 2 atom stereocenters. The van der Waals surface area contributed by atoms with Gasteiger partial charge in [0.25, 0.3) is 0 Å². The number of hydrogen-bond acceptors (Lipinski definition) is 2. The van der Waals surface area contributed by atoms with E-state index in [2.05, 4.69) is 35.6 Å². The summed E-state index contributed by atoms with van der Waals surface area (Å²) < 4.78 is 0. The SMILES string of the molecule is NC[C@H](c1ccccc1)[C@@H]1CCCN1. The molecule has 0 saturated carbocycles. The zero-order valence-electron chi connectivity index (χ0n) is 8.45. The van der Waals surface area contributed by atoms with E-state index in [4.69, 9.17) is 5.73 Å². The largest absolute Gasteiger partial charge is 0.330 e. The van der Waals surface area contributed by atoms with Crippen LogP contribution in [0.5, 0.6) is 0 Å². The van der Waals surface area contributed by atoms with Gasteiger partial charge < -0.3 is 11.1 Å². The van der Waals surface area contributed by atoms with E-state index >= 15 is 0 Å². The standard InChI is InChI=1S/C12H18N2/c13-9-11(12-7-4-8-14-12)10-5-2-1-3-6-10/h1-3,5-6,11-12,14H,4,7-9,13H2/t11-,12+/m1/s1. The molecule has 14 heavy (non-hydrogen) atoms. The molecule has 0 bridgehead atoms. The van der Waals surface area contributed by atoms with Crippen molar-refractivity contribution >= 4 is 0 Å². The van der Waals surface area contributed by atoms with Crippen LogP contribution in [0.3, 0.4) is 0 Å². The topological polar surface area (TPSA) is 38.0 Å². The average molecular weight is 190 g/mol. The third kappa shape index (κ3) is 1.97. The summed E-state index contributed by atoms with van der Waals surface area (Å²) in [6, 6.07) is 11.2. The summed E-state index contributed by atoms with van der Waals surface area (Å²) in [6.07, 6.45) is 2.55. The molecule has 0 aliphatic carbocycles. The molecule has 2 nitrogen and oxygen atoms in total. The van der Waals surface area contributed by atoms with Crippen molar-refractivity contribution in [2.75, 3.05) is 13.1 Å². The second-order valence-corrected chi connectivity index (χ2v) is 3.96. The lowest BCUT2D eigenvalue weighted by Gasteiger charge is -2.22. The van der Waals surface area contributed by atoms with Gasteiger partial charge in [0.15, 0.2) is 0 Å². The van der Waals surface area contributed by atoms with Gasteiger partial charge in [-0.1, -0.05) is 30.3 Å². The minimum absolute atomic E-state index is 0.485. The van der Waals surface area contributed by atoms with Crippen molar-refractivity contribution in [3.63, 3.8) is 0 Å². The molecule has 1 fully saturated rings. The lowest BCUT2D eigenvalue weighted by Crippen LogP contribution is -2.33. The van der Waals surface area contributed by atoms with Crippen LogP contribution >= 0.6 is 0 Å². The fourth-order valence-electron chi connectivity index (χ4n) is 2.29. The number of nitrogens with two attached hydrogens (primary N) is 1. The van der Waals surface area contributed by atoms with E-state index in [9.17, 15) is 0 Å². The lowest BCUT2D eigenvalue weighted by molar-refractivity contribution is 0.494. The second kappa shape index (κ2) is 4.58. The summed E-state index contributed by atoms with van der Waals surface area (Å²) in [5.41, 5.74) is 7.21. The molecule has 2 rings (SSSR count). The maximum atomic E-state index is 5.84. The molecule has 0 aromatic heterocycles. The van der Waals surface area contributed by atoms with Crippen molar-refractivity contribution in [3.8, 4) is 0 Å². The van der Waals surface area contributed by atoms with Crippen LogP contribution in [0.4, 0.5) is 0 Å². The van der Waals surface area contributed by atoms with Crippen LogP contribution in [-0.2, 0) is 0 Å². The number of rotatable bonds is 3. The Bertz CT molecular complexity index is 265. The molecule has 1 aliphatic rings. The third-order valence-corrected chi connectivity index (χ3v) is 3.07. The lowest BCUT2D eigenvalue weighted by atomic mass is 9.91. The molecule has 2 heteroatoms. The summed E-state index contributed by atoms with van der Waals surface area (Å²) >= 11 is 0. The summed E-state index contributed by atoms with van der Waals surface area (Å²) in [5.74, 6) is 0.485. The van der Waals surface area contributed by atoms with E-state index in [1.807, 2.05) is 0 Å². The van der Waals surface area contributed by atoms with Crippen molar-refractivity contribution in [1.82, 2.24) is 5.32 Å². The molecule has 0 amide bonds. The van der Waals surface area contributed by atoms with Crippen molar-refractivity contribution in [3.05, 3.63) is 35.9 Å². The number of hydrogen-bond donors (Lipinski definition) is 2. The van der Waals surface area contributed by atoms with E-state index in [-0.39, 0.29) is 0 Å². The van der Waals surface area contributed by atoms with Crippen LogP contribution in [0.25, 0.3) is 0 Å². The zero-order valence-corrected chi connectivity index (χ0v) is 8.45. The van der Waals surface area contributed by atoms with E-state index < -0.39 is 0 Å². The van der Waals surface area contributed by atoms with Crippen molar-refractivity contribution < 1.29 is 0 Å². The predicted molar refractivity (Wildman–Crippen MR) is 59.3 cm³/mol. The Morgan fingerprint density at radius 1 is 1.36 bits per heavy atom. The minimum Gasteiger partial charge on any atom is -0.330 e. The van der Waals surface area contributed by atoms with Gasteiger partial charge in [-0.3, -0.25) is 0 Å². The van der Waals surface area contributed by atoms with E-state index in [0.717, 1.165) is 13.1 Å². The maximum absolute atomic E-state index is 5.84. The van der Waals surface area contributed by atoms with Gasteiger partial charge >= 0.3 is 0 Å². The second-order valence-electron chi connectivity index (χ2n) is 3.96. The molecule has 3 N–H and O–H groups in total. The first-order chi connectivity index (χ1) is 6.92. The van der Waals surface area contributed by atoms with Gasteiger partial charge in [0, 0.05) is 18.5 Å². The van der Waals surface area contributed by atoms with Gasteiger partial charge in [0.05, 0.1) is 0 Å². The van der Waals surface area contributed by atoms with Crippen LogP contribution in [0, 0.1) is 0 Å². The fourth-order valence-corrected chi connectivity index (χ4v) is 2.29. The highest BCUT2D eigenvalue weighted by molar-refractivity contribution is 5.22. The Morgan fingerprint density at radius 3 is 2.71 bits per heavy atom. The summed E-state index contributed by atoms with van der Waals surface area (Å²) in [6.45, 7) is 1.88. The molecule has 0 unspecified atom stereocenters. The first-order valence-electron chi connectivity index (χ1n) is 5.40. The highest BCUT2D eigenvalue weighted by Crippen LogP contribution is 2.23. The number of benzene rings is 1. The molecule has 76 valence electrons. The summed E-state index contributed by atoms with van der Waals surface area (Å²) in [7, 11) is 0. The Labute approximate surface area is 85.5 Å². The molecule has 1 saturated heterocycles. The molecule has 0 spiro atoms. The van der Waals surface area contributed by atoms with Gasteiger partial charge in [0.1, 0.15) is 0 Å². The Hall–Kier alpha value is -0.860. The number of nitrogens with one attached hydrogen (secondary N) is 1. The van der Waals surface area contributed by atoms with Crippen molar-refractivity contribution in [2.45, 2.75) is 24.8 Å². The van der Waals surface area contributed by atoms with Crippen LogP contribution in [0.1, 0.15) is 24.3 Å². The molecular weight excluding hydrogens is 172 g/mol. The smallest absolute Gasteiger partial charge is 0.0148 e. The predicted octanol–water partition coefficient (Wildman–Crippen LogP) is 1.48. The Balaban J connectivity index is 2.12.